The molecule has 0 amide bonds. The topological polar surface area (TPSA) is 92.5 Å². The van der Waals surface area contributed by atoms with Crippen molar-refractivity contribution >= 4 is 22.7 Å². The lowest BCUT2D eigenvalue weighted by Crippen LogP contribution is -2.33. The molecule has 0 saturated carbocycles. The number of aromatic nitrogens is 3. The van der Waals surface area contributed by atoms with Crippen molar-refractivity contribution in [2.24, 2.45) is 7.05 Å². The lowest BCUT2D eigenvalue weighted by Gasteiger charge is -2.25. The maximum absolute atomic E-state index is 12.4. The lowest BCUT2D eigenvalue weighted by atomic mass is 9.99. The van der Waals surface area contributed by atoms with E-state index in [4.69, 9.17) is 9.72 Å². The van der Waals surface area contributed by atoms with Gasteiger partial charge in [-0.3, -0.25) is 14.4 Å². The smallest absolute Gasteiger partial charge is 0.325 e. The molecule has 2 atom stereocenters. The fourth-order valence-electron chi connectivity index (χ4n) is 5.55. The highest BCUT2D eigenvalue weighted by atomic mass is 16.5. The molecule has 2 aromatic heterocycles. The van der Waals surface area contributed by atoms with Gasteiger partial charge in [-0.25, -0.2) is 4.98 Å². The number of rotatable bonds is 9. The van der Waals surface area contributed by atoms with Gasteiger partial charge in [-0.15, -0.1) is 0 Å². The van der Waals surface area contributed by atoms with Gasteiger partial charge in [-0.2, -0.15) is 5.10 Å². The SMILES string of the molecule is Cc1nn(C)c2cccc([C@H](C(=O)O)N3CC[C@@H](OCCCCc4ccc5c(n4)NCCC5)C3)c12. The van der Waals surface area contributed by atoms with E-state index in [2.05, 4.69) is 22.5 Å². The molecule has 0 radical (unpaired) electrons. The number of aryl methyl sites for hydroxylation is 4. The Kier molecular flexibility index (Phi) is 7.02. The van der Waals surface area contributed by atoms with Gasteiger partial charge < -0.3 is 15.2 Å². The molecular weight excluding hydrogens is 442 g/mol. The number of unbranched alkanes of at least 4 members (excludes halogenated alkanes) is 1. The molecule has 2 N–H and O–H groups in total. The van der Waals surface area contributed by atoms with Crippen molar-refractivity contribution in [3.05, 3.63) is 52.8 Å². The number of carboxylic acids is 1. The number of hydrogen-bond donors (Lipinski definition) is 2. The predicted molar refractivity (Wildman–Crippen MR) is 136 cm³/mol. The normalized spacial score (nSPS) is 19.0. The van der Waals surface area contributed by atoms with Crippen LogP contribution < -0.4 is 5.32 Å². The minimum Gasteiger partial charge on any atom is -0.480 e. The summed E-state index contributed by atoms with van der Waals surface area (Å²) < 4.78 is 7.98. The van der Waals surface area contributed by atoms with Gasteiger partial charge in [0.2, 0.25) is 0 Å². The molecular formula is C27H35N5O3. The molecule has 0 spiro atoms. The highest BCUT2D eigenvalue weighted by Gasteiger charge is 2.35. The Morgan fingerprint density at radius 3 is 3.03 bits per heavy atom. The highest BCUT2D eigenvalue weighted by molar-refractivity contribution is 5.90. The number of nitrogens with zero attached hydrogens (tertiary/aromatic N) is 4. The van der Waals surface area contributed by atoms with E-state index < -0.39 is 12.0 Å². The van der Waals surface area contributed by atoms with E-state index in [9.17, 15) is 9.90 Å². The second-order valence-electron chi connectivity index (χ2n) is 9.77. The number of ether oxygens (including phenoxy) is 1. The van der Waals surface area contributed by atoms with Crippen molar-refractivity contribution in [3.63, 3.8) is 0 Å². The zero-order valence-corrected chi connectivity index (χ0v) is 20.7. The molecule has 1 saturated heterocycles. The Balaban J connectivity index is 1.14. The Morgan fingerprint density at radius 2 is 2.17 bits per heavy atom. The molecule has 8 heteroatoms. The molecule has 4 heterocycles. The van der Waals surface area contributed by atoms with Crippen molar-refractivity contribution in [2.45, 2.75) is 57.6 Å². The lowest BCUT2D eigenvalue weighted by molar-refractivity contribution is -0.143. The molecule has 35 heavy (non-hydrogen) atoms. The number of fused-ring (bicyclic) bond motifs is 2. The van der Waals surface area contributed by atoms with Crippen LogP contribution in [-0.4, -0.2) is 63.1 Å². The largest absolute Gasteiger partial charge is 0.480 e. The molecule has 2 aliphatic heterocycles. The van der Waals surface area contributed by atoms with E-state index in [1.165, 1.54) is 12.0 Å². The zero-order valence-electron chi connectivity index (χ0n) is 20.7. The molecule has 3 aromatic rings. The van der Waals surface area contributed by atoms with Gasteiger partial charge in [0.25, 0.3) is 0 Å². The number of hydrogen-bond acceptors (Lipinski definition) is 6. The van der Waals surface area contributed by atoms with Gasteiger partial charge in [0, 0.05) is 44.4 Å². The van der Waals surface area contributed by atoms with Crippen LogP contribution in [0.2, 0.25) is 0 Å². The van der Waals surface area contributed by atoms with Crippen LogP contribution in [0.4, 0.5) is 5.82 Å². The molecule has 0 unspecified atom stereocenters. The Bertz CT molecular complexity index is 1210. The molecule has 0 bridgehead atoms. The Hall–Kier alpha value is -2.97. The molecule has 5 rings (SSSR count). The Labute approximate surface area is 206 Å². The minimum atomic E-state index is -0.826. The average Bonchev–Trinajstić information content (AvgIpc) is 3.43. The van der Waals surface area contributed by atoms with E-state index in [-0.39, 0.29) is 6.10 Å². The first kappa shape index (κ1) is 23.8. The summed E-state index contributed by atoms with van der Waals surface area (Å²) in [6.07, 6.45) is 6.16. The van der Waals surface area contributed by atoms with Crippen molar-refractivity contribution in [2.75, 3.05) is 31.6 Å². The third kappa shape index (κ3) is 5.04. The summed E-state index contributed by atoms with van der Waals surface area (Å²) in [5.74, 6) is 0.231. The van der Waals surface area contributed by atoms with Gasteiger partial charge in [0.05, 0.1) is 17.3 Å². The number of carboxylic acid groups (broad SMARTS) is 1. The molecule has 2 aliphatic rings. The molecule has 0 aliphatic carbocycles. The van der Waals surface area contributed by atoms with Crippen LogP contribution in [0, 0.1) is 6.92 Å². The second-order valence-corrected chi connectivity index (χ2v) is 9.77. The van der Waals surface area contributed by atoms with Gasteiger partial charge in [0.15, 0.2) is 0 Å². The quantitative estimate of drug-likeness (QED) is 0.452. The maximum Gasteiger partial charge on any atom is 0.325 e. The van der Waals surface area contributed by atoms with Crippen LogP contribution in [0.5, 0.6) is 0 Å². The molecule has 1 fully saturated rings. The van der Waals surface area contributed by atoms with E-state index >= 15 is 0 Å². The highest BCUT2D eigenvalue weighted by Crippen LogP contribution is 2.33. The van der Waals surface area contributed by atoms with Crippen LogP contribution in [0.25, 0.3) is 10.9 Å². The van der Waals surface area contributed by atoms with Gasteiger partial charge >= 0.3 is 5.97 Å². The number of carbonyl (C=O) groups is 1. The number of benzene rings is 1. The van der Waals surface area contributed by atoms with Crippen LogP contribution >= 0.6 is 0 Å². The zero-order chi connectivity index (χ0) is 24.4. The van der Waals surface area contributed by atoms with Crippen molar-refractivity contribution in [3.8, 4) is 0 Å². The number of pyridine rings is 1. The number of likely N-dealkylation sites (tertiary alicyclic amines) is 1. The van der Waals surface area contributed by atoms with Gasteiger partial charge in [0.1, 0.15) is 11.9 Å². The van der Waals surface area contributed by atoms with Gasteiger partial charge in [-0.05, 0) is 68.7 Å². The molecule has 1 aromatic carbocycles. The summed E-state index contributed by atoms with van der Waals surface area (Å²) in [7, 11) is 1.90. The van der Waals surface area contributed by atoms with Crippen LogP contribution in [0.15, 0.2) is 30.3 Å². The summed E-state index contributed by atoms with van der Waals surface area (Å²) in [6.45, 7) is 4.98. The first-order valence-electron chi connectivity index (χ1n) is 12.7. The number of aliphatic carboxylic acids is 1. The third-order valence-electron chi connectivity index (χ3n) is 7.29. The van der Waals surface area contributed by atoms with Gasteiger partial charge in [-0.1, -0.05) is 18.2 Å². The van der Waals surface area contributed by atoms with E-state index in [1.807, 2.05) is 41.8 Å². The maximum atomic E-state index is 12.4. The second kappa shape index (κ2) is 10.3. The van der Waals surface area contributed by atoms with Crippen molar-refractivity contribution < 1.29 is 14.6 Å². The monoisotopic (exact) mass is 477 g/mol. The van der Waals surface area contributed by atoms with Crippen LogP contribution in [0.1, 0.15) is 54.2 Å². The molecule has 8 nitrogen and oxygen atoms in total. The fourth-order valence-corrected chi connectivity index (χ4v) is 5.55. The predicted octanol–water partition coefficient (Wildman–Crippen LogP) is 3.87. The minimum absolute atomic E-state index is 0.0668. The summed E-state index contributed by atoms with van der Waals surface area (Å²) in [4.78, 5) is 19.2. The third-order valence-corrected chi connectivity index (χ3v) is 7.29. The first-order valence-corrected chi connectivity index (χ1v) is 12.7. The van der Waals surface area contributed by atoms with Crippen molar-refractivity contribution in [1.29, 1.82) is 0 Å². The van der Waals surface area contributed by atoms with E-state index in [0.717, 1.165) is 72.3 Å². The first-order chi connectivity index (χ1) is 17.0. The molecule has 186 valence electrons. The summed E-state index contributed by atoms with van der Waals surface area (Å²) in [5, 5.41) is 19.0. The number of nitrogens with one attached hydrogen (secondary N) is 1. The van der Waals surface area contributed by atoms with E-state index in [0.29, 0.717) is 19.7 Å². The van der Waals surface area contributed by atoms with E-state index in [1.54, 1.807) is 0 Å². The summed E-state index contributed by atoms with van der Waals surface area (Å²) in [6, 6.07) is 9.50. The fraction of sp³-hybridized carbons (Fsp3) is 0.519. The van der Waals surface area contributed by atoms with Crippen LogP contribution in [-0.2, 0) is 29.4 Å². The summed E-state index contributed by atoms with van der Waals surface area (Å²) in [5.41, 5.74) is 5.09. The van der Waals surface area contributed by atoms with Crippen molar-refractivity contribution in [1.82, 2.24) is 19.7 Å². The van der Waals surface area contributed by atoms with Crippen LogP contribution in [0.3, 0.4) is 0 Å². The number of anilines is 1. The Morgan fingerprint density at radius 1 is 1.29 bits per heavy atom. The standard InChI is InChI=1S/C27H35N5O3/c1-18-24-22(9-5-10-23(24)31(2)30-18)25(27(33)34)32-15-13-21(17-32)35-16-4-3-8-20-12-11-19-7-6-14-28-26(19)29-20/h5,9-12,21,25H,3-4,6-8,13-17H2,1-2H3,(H,28,29)(H,33,34)/t21-,25-/m1/s1. The average molecular weight is 478 g/mol. The summed E-state index contributed by atoms with van der Waals surface area (Å²) >= 11 is 0.